The predicted molar refractivity (Wildman–Crippen MR) is 70.7 cm³/mol. The van der Waals surface area contributed by atoms with Crippen LogP contribution < -0.4 is 5.73 Å². The van der Waals surface area contributed by atoms with Crippen molar-refractivity contribution < 1.29 is 8.42 Å². The van der Waals surface area contributed by atoms with Crippen LogP contribution in [0.1, 0.15) is 6.92 Å². The molecule has 2 rings (SSSR count). The number of nitrogen functional groups attached to an aromatic ring is 1. The first-order chi connectivity index (χ1) is 8.03. The van der Waals surface area contributed by atoms with Gasteiger partial charge in [-0.3, -0.25) is 0 Å². The smallest absolute Gasteiger partial charge is 0.151 e. The third kappa shape index (κ3) is 2.44. The molecule has 0 spiro atoms. The summed E-state index contributed by atoms with van der Waals surface area (Å²) in [6.45, 7) is 2.12. The van der Waals surface area contributed by atoms with Gasteiger partial charge in [-0.1, -0.05) is 19.1 Å². The molecule has 0 radical (unpaired) electrons. The number of nitrogens with zero attached hydrogens (tertiary/aromatic N) is 1. The lowest BCUT2D eigenvalue weighted by Crippen LogP contribution is -2.14. The fourth-order valence-corrected chi connectivity index (χ4v) is 2.62. The van der Waals surface area contributed by atoms with Gasteiger partial charge in [0.25, 0.3) is 0 Å². The summed E-state index contributed by atoms with van der Waals surface area (Å²) >= 11 is 0. The first-order valence-corrected chi connectivity index (χ1v) is 7.39. The van der Waals surface area contributed by atoms with E-state index in [1.54, 1.807) is 6.92 Å². The molecule has 4 nitrogen and oxygen atoms in total. The maximum atomic E-state index is 11.5. The van der Waals surface area contributed by atoms with Crippen LogP contribution in [0.15, 0.2) is 30.5 Å². The number of rotatable bonds is 4. The molecule has 2 N–H and O–H groups in total. The molecule has 0 aliphatic carbocycles. The van der Waals surface area contributed by atoms with Gasteiger partial charge in [0.2, 0.25) is 0 Å². The molecule has 0 saturated heterocycles. The van der Waals surface area contributed by atoms with Crippen LogP contribution in [0.4, 0.5) is 5.69 Å². The summed E-state index contributed by atoms with van der Waals surface area (Å²) in [5, 5.41) is 1.04. The van der Waals surface area contributed by atoms with E-state index in [4.69, 9.17) is 5.73 Å². The average Bonchev–Trinajstić information content (AvgIpc) is 2.71. The Kier molecular flexibility index (Phi) is 3.11. The van der Waals surface area contributed by atoms with Crippen LogP contribution in [-0.2, 0) is 16.4 Å². The lowest BCUT2D eigenvalue weighted by molar-refractivity contribution is 0.591. The Balaban J connectivity index is 2.31. The molecule has 0 aliphatic rings. The number of fused-ring (bicyclic) bond motifs is 1. The van der Waals surface area contributed by atoms with Gasteiger partial charge in [-0.15, -0.1) is 0 Å². The maximum absolute atomic E-state index is 11.5. The first kappa shape index (κ1) is 12.0. The Morgan fingerprint density at radius 3 is 2.76 bits per heavy atom. The highest BCUT2D eigenvalue weighted by atomic mass is 32.2. The molecule has 17 heavy (non-hydrogen) atoms. The normalized spacial score (nSPS) is 12.1. The second kappa shape index (κ2) is 4.41. The number of hydrogen-bond donors (Lipinski definition) is 1. The number of hydrogen-bond acceptors (Lipinski definition) is 3. The minimum absolute atomic E-state index is 0.154. The fraction of sp³-hybridized carbons (Fsp3) is 0.333. The monoisotopic (exact) mass is 252 g/mol. The van der Waals surface area contributed by atoms with Gasteiger partial charge in [0.05, 0.1) is 17.0 Å². The van der Waals surface area contributed by atoms with Gasteiger partial charge in [-0.25, -0.2) is 8.42 Å². The van der Waals surface area contributed by atoms with E-state index in [1.165, 1.54) is 0 Å². The number of para-hydroxylation sites is 1. The zero-order valence-corrected chi connectivity index (χ0v) is 10.6. The largest absolute Gasteiger partial charge is 0.397 e. The summed E-state index contributed by atoms with van der Waals surface area (Å²) in [6.07, 6.45) is 1.88. The summed E-state index contributed by atoms with van der Waals surface area (Å²) in [6, 6.07) is 7.64. The molecular formula is C12H16N2O2S. The fourth-order valence-electron chi connectivity index (χ4n) is 1.86. The van der Waals surface area contributed by atoms with E-state index in [2.05, 4.69) is 0 Å². The van der Waals surface area contributed by atoms with E-state index in [-0.39, 0.29) is 11.5 Å². The number of aromatic nitrogens is 1. The molecule has 5 heteroatoms. The zero-order valence-electron chi connectivity index (χ0n) is 9.76. The highest BCUT2D eigenvalue weighted by molar-refractivity contribution is 7.91. The summed E-state index contributed by atoms with van der Waals surface area (Å²) in [5.41, 5.74) is 7.50. The Bertz CT molecular complexity index is 629. The number of sulfone groups is 1. The van der Waals surface area contributed by atoms with Crippen molar-refractivity contribution in [2.75, 3.05) is 17.2 Å². The van der Waals surface area contributed by atoms with Crippen molar-refractivity contribution in [2.45, 2.75) is 13.5 Å². The third-order valence-corrected chi connectivity index (χ3v) is 4.59. The molecule has 92 valence electrons. The lowest BCUT2D eigenvalue weighted by Gasteiger charge is -2.07. The summed E-state index contributed by atoms with van der Waals surface area (Å²) in [7, 11) is -2.94. The molecule has 0 unspecified atom stereocenters. The topological polar surface area (TPSA) is 65.1 Å². The standard InChI is InChI=1S/C12H16N2O2S/c1-2-17(15,16)9-8-14-7-6-10-4-3-5-11(13)12(10)14/h3-7H,2,8-9,13H2,1H3. The van der Waals surface area contributed by atoms with Gasteiger partial charge in [0.15, 0.2) is 9.84 Å². The van der Waals surface area contributed by atoms with Crippen molar-refractivity contribution in [3.63, 3.8) is 0 Å². The molecule has 0 bridgehead atoms. The highest BCUT2D eigenvalue weighted by Crippen LogP contribution is 2.21. The molecular weight excluding hydrogens is 236 g/mol. The molecule has 1 aromatic heterocycles. The van der Waals surface area contributed by atoms with Crippen molar-refractivity contribution in [1.29, 1.82) is 0 Å². The van der Waals surface area contributed by atoms with Crippen LogP contribution in [0.2, 0.25) is 0 Å². The van der Waals surface area contributed by atoms with Crippen LogP contribution in [0.3, 0.4) is 0 Å². The Hall–Kier alpha value is -1.49. The number of aryl methyl sites for hydroxylation is 1. The minimum Gasteiger partial charge on any atom is -0.397 e. The minimum atomic E-state index is -2.94. The zero-order chi connectivity index (χ0) is 12.5. The second-order valence-corrected chi connectivity index (χ2v) is 6.50. The molecule has 0 atom stereocenters. The van der Waals surface area contributed by atoms with Crippen molar-refractivity contribution >= 4 is 26.4 Å². The van der Waals surface area contributed by atoms with Crippen LogP contribution in [-0.4, -0.2) is 24.5 Å². The van der Waals surface area contributed by atoms with Gasteiger partial charge in [-0.2, -0.15) is 0 Å². The molecule has 0 aliphatic heterocycles. The maximum Gasteiger partial charge on any atom is 0.151 e. The molecule has 2 aromatic rings. The number of anilines is 1. The van der Waals surface area contributed by atoms with Gasteiger partial charge in [0.1, 0.15) is 0 Å². The van der Waals surface area contributed by atoms with E-state index < -0.39 is 9.84 Å². The van der Waals surface area contributed by atoms with Gasteiger partial charge in [-0.05, 0) is 12.1 Å². The van der Waals surface area contributed by atoms with Gasteiger partial charge >= 0.3 is 0 Å². The van der Waals surface area contributed by atoms with Crippen LogP contribution >= 0.6 is 0 Å². The van der Waals surface area contributed by atoms with Crippen molar-refractivity contribution in [3.8, 4) is 0 Å². The van der Waals surface area contributed by atoms with Crippen molar-refractivity contribution in [1.82, 2.24) is 4.57 Å². The number of nitrogens with two attached hydrogens (primary N) is 1. The Morgan fingerprint density at radius 2 is 2.06 bits per heavy atom. The number of benzene rings is 1. The third-order valence-electron chi connectivity index (χ3n) is 2.90. The van der Waals surface area contributed by atoms with E-state index in [0.717, 1.165) is 10.9 Å². The lowest BCUT2D eigenvalue weighted by atomic mass is 10.2. The Labute approximate surface area is 101 Å². The van der Waals surface area contributed by atoms with E-state index in [1.807, 2.05) is 35.0 Å². The summed E-state index contributed by atoms with van der Waals surface area (Å²) in [4.78, 5) is 0. The van der Waals surface area contributed by atoms with Crippen LogP contribution in [0.5, 0.6) is 0 Å². The molecule has 0 amide bonds. The SMILES string of the molecule is CCS(=O)(=O)CCn1ccc2cccc(N)c21. The summed E-state index contributed by atoms with van der Waals surface area (Å²) in [5.74, 6) is 0.337. The van der Waals surface area contributed by atoms with Crippen molar-refractivity contribution in [2.24, 2.45) is 0 Å². The molecule has 1 aromatic carbocycles. The van der Waals surface area contributed by atoms with Gasteiger partial charge < -0.3 is 10.3 Å². The molecule has 1 heterocycles. The van der Waals surface area contributed by atoms with E-state index in [0.29, 0.717) is 12.2 Å². The van der Waals surface area contributed by atoms with Crippen LogP contribution in [0, 0.1) is 0 Å². The summed E-state index contributed by atoms with van der Waals surface area (Å²) < 4.78 is 24.8. The second-order valence-electron chi connectivity index (χ2n) is 4.03. The van der Waals surface area contributed by atoms with E-state index >= 15 is 0 Å². The Morgan fingerprint density at radius 1 is 1.29 bits per heavy atom. The van der Waals surface area contributed by atoms with Gasteiger partial charge in [0, 0.05) is 23.9 Å². The average molecular weight is 252 g/mol. The highest BCUT2D eigenvalue weighted by Gasteiger charge is 2.09. The van der Waals surface area contributed by atoms with Crippen molar-refractivity contribution in [3.05, 3.63) is 30.5 Å². The first-order valence-electron chi connectivity index (χ1n) is 5.57. The van der Waals surface area contributed by atoms with E-state index in [9.17, 15) is 8.42 Å². The molecule has 0 saturated carbocycles. The van der Waals surface area contributed by atoms with Crippen LogP contribution in [0.25, 0.3) is 10.9 Å². The molecule has 0 fully saturated rings. The quantitative estimate of drug-likeness (QED) is 0.842. The predicted octanol–water partition coefficient (Wildman–Crippen LogP) is 1.66.